The molecule has 2 heterocycles. The number of nitrogens with one attached hydrogen (secondary N) is 1. The molecule has 5 rings (SSSR count). The maximum Gasteiger partial charge on any atom is 0.238 e. The van der Waals surface area contributed by atoms with E-state index in [9.17, 15) is 17.6 Å². The van der Waals surface area contributed by atoms with E-state index in [1.165, 1.54) is 22.7 Å². The Balaban J connectivity index is 1.59. The molecule has 9 nitrogen and oxygen atoms in total. The lowest BCUT2D eigenvalue weighted by Gasteiger charge is -2.24. The third kappa shape index (κ3) is 5.64. The van der Waals surface area contributed by atoms with Crippen LogP contribution in [0.15, 0.2) is 78.0 Å². The second-order valence-electron chi connectivity index (χ2n) is 9.57. The highest BCUT2D eigenvalue weighted by molar-refractivity contribution is 7.92. The summed E-state index contributed by atoms with van der Waals surface area (Å²) < 4.78 is 40.1. The van der Waals surface area contributed by atoms with Crippen molar-refractivity contribution in [1.29, 1.82) is 0 Å². The first-order chi connectivity index (χ1) is 18.6. The smallest absolute Gasteiger partial charge is 0.238 e. The maximum atomic E-state index is 13.9. The van der Waals surface area contributed by atoms with Crippen LogP contribution in [0.1, 0.15) is 17.0 Å². The fourth-order valence-electron chi connectivity index (χ4n) is 4.53. The molecule has 1 unspecified atom stereocenters. The first-order valence-corrected chi connectivity index (χ1v) is 14.1. The van der Waals surface area contributed by atoms with Crippen LogP contribution in [-0.2, 0) is 14.8 Å². The molecule has 0 saturated carbocycles. The molecule has 0 radical (unpaired) electrons. The molecule has 1 aliphatic heterocycles. The van der Waals surface area contributed by atoms with Gasteiger partial charge in [-0.2, -0.15) is 0 Å². The highest BCUT2D eigenvalue weighted by atomic mass is 32.2. The van der Waals surface area contributed by atoms with Crippen molar-refractivity contribution in [3.05, 3.63) is 90.0 Å². The van der Waals surface area contributed by atoms with Gasteiger partial charge in [-0.15, -0.1) is 0 Å². The summed E-state index contributed by atoms with van der Waals surface area (Å²) in [7, 11) is 0.261. The molecule has 0 spiro atoms. The first-order valence-electron chi connectivity index (χ1n) is 12.2. The summed E-state index contributed by atoms with van der Waals surface area (Å²) in [5, 5.41) is 2.76. The quantitative estimate of drug-likeness (QED) is 0.335. The van der Waals surface area contributed by atoms with Gasteiger partial charge in [0.15, 0.2) is 0 Å². The number of aliphatic imine (C=N–C) groups is 1. The Morgan fingerprint density at radius 3 is 2.38 bits per heavy atom. The second-order valence-corrected chi connectivity index (χ2v) is 11.5. The van der Waals surface area contributed by atoms with Crippen molar-refractivity contribution >= 4 is 49.7 Å². The minimum atomic E-state index is -3.50. The number of fused-ring (bicyclic) bond motifs is 2. The third-order valence-corrected chi connectivity index (χ3v) is 7.62. The minimum Gasteiger partial charge on any atom is -0.325 e. The van der Waals surface area contributed by atoms with Crippen molar-refractivity contribution in [3.8, 4) is 0 Å². The lowest BCUT2D eigenvalue weighted by atomic mass is 9.90. The van der Waals surface area contributed by atoms with Crippen LogP contribution in [0.25, 0.3) is 11.0 Å². The summed E-state index contributed by atoms with van der Waals surface area (Å²) in [4.78, 5) is 28.6. The van der Waals surface area contributed by atoms with Gasteiger partial charge in [-0.25, -0.2) is 12.8 Å². The van der Waals surface area contributed by atoms with E-state index in [0.29, 0.717) is 58.0 Å². The maximum absolute atomic E-state index is 13.9. The summed E-state index contributed by atoms with van der Waals surface area (Å²) in [6.07, 6.45) is 4.37. The standard InChI is InChI=1S/C28H27FN6O3S/c1-34(2)14-15-35(39(3,37)38)21-8-6-20(7-9-21)32-27(18-4-11-23-25(16-18)31-13-12-30-23)26-22-10-5-19(29)17-24(22)33-28(26)36/h4-13,16-17,26H,14-15H2,1-3H3,(H,33,36). The number of benzene rings is 3. The molecular weight excluding hydrogens is 519 g/mol. The Morgan fingerprint density at radius 1 is 0.974 bits per heavy atom. The topological polar surface area (TPSA) is 108 Å². The number of carbonyl (C=O) groups is 1. The van der Waals surface area contributed by atoms with Crippen LogP contribution in [-0.4, -0.2) is 68.3 Å². The third-order valence-electron chi connectivity index (χ3n) is 6.42. The largest absolute Gasteiger partial charge is 0.325 e. The molecule has 39 heavy (non-hydrogen) atoms. The van der Waals surface area contributed by atoms with Gasteiger partial charge in [-0.3, -0.25) is 24.1 Å². The van der Waals surface area contributed by atoms with Crippen LogP contribution in [0, 0.1) is 5.82 Å². The molecule has 3 aromatic carbocycles. The van der Waals surface area contributed by atoms with Gasteiger partial charge < -0.3 is 10.2 Å². The second kappa shape index (κ2) is 10.5. The van der Waals surface area contributed by atoms with E-state index in [4.69, 9.17) is 4.99 Å². The number of hydrogen-bond acceptors (Lipinski definition) is 7. The number of hydrogen-bond donors (Lipinski definition) is 1. The SMILES string of the molecule is CN(C)CCN(c1ccc(N=C(c2ccc3nccnc3c2)C2C(=O)Nc3cc(F)ccc32)cc1)S(C)(=O)=O. The average Bonchev–Trinajstić information content (AvgIpc) is 3.21. The summed E-state index contributed by atoms with van der Waals surface area (Å²) in [5.41, 5.74) is 4.50. The number of halogens is 1. The minimum absolute atomic E-state index is 0.299. The van der Waals surface area contributed by atoms with Crippen LogP contribution in [0.4, 0.5) is 21.5 Å². The molecule has 1 N–H and O–H groups in total. The number of amides is 1. The zero-order valence-electron chi connectivity index (χ0n) is 21.7. The van der Waals surface area contributed by atoms with Gasteiger partial charge in [0.2, 0.25) is 15.9 Å². The fraction of sp³-hybridized carbons (Fsp3) is 0.214. The van der Waals surface area contributed by atoms with Crippen molar-refractivity contribution in [2.45, 2.75) is 5.92 Å². The monoisotopic (exact) mass is 546 g/mol. The van der Waals surface area contributed by atoms with Crippen molar-refractivity contribution in [2.24, 2.45) is 4.99 Å². The summed E-state index contributed by atoms with van der Waals surface area (Å²) in [6.45, 7) is 0.853. The Hall–Kier alpha value is -4.22. The van der Waals surface area contributed by atoms with Gasteiger partial charge in [-0.05, 0) is 73.8 Å². The van der Waals surface area contributed by atoms with Gasteiger partial charge in [0.1, 0.15) is 11.7 Å². The van der Waals surface area contributed by atoms with Crippen molar-refractivity contribution in [1.82, 2.24) is 14.9 Å². The van der Waals surface area contributed by atoms with Crippen LogP contribution < -0.4 is 9.62 Å². The van der Waals surface area contributed by atoms with E-state index in [0.717, 1.165) is 0 Å². The Kier molecular flexibility index (Phi) is 7.11. The number of aromatic nitrogens is 2. The van der Waals surface area contributed by atoms with E-state index in [-0.39, 0.29) is 5.91 Å². The number of rotatable bonds is 8. The molecule has 0 fully saturated rings. The van der Waals surface area contributed by atoms with Crippen LogP contribution >= 0.6 is 0 Å². The Bertz CT molecular complexity index is 1690. The van der Waals surface area contributed by atoms with Gasteiger partial charge in [-0.1, -0.05) is 12.1 Å². The summed E-state index contributed by atoms with van der Waals surface area (Å²) >= 11 is 0. The first kappa shape index (κ1) is 26.4. The van der Waals surface area contributed by atoms with Crippen LogP contribution in [0.3, 0.4) is 0 Å². The number of sulfonamides is 1. The van der Waals surface area contributed by atoms with E-state index in [2.05, 4.69) is 15.3 Å². The molecular formula is C28H27FN6O3S. The van der Waals surface area contributed by atoms with Crippen molar-refractivity contribution < 1.29 is 17.6 Å². The van der Waals surface area contributed by atoms with E-state index in [1.54, 1.807) is 42.7 Å². The summed E-state index contributed by atoms with van der Waals surface area (Å²) in [5.74, 6) is -1.56. The highest BCUT2D eigenvalue weighted by Crippen LogP contribution is 2.37. The van der Waals surface area contributed by atoms with E-state index < -0.39 is 21.8 Å². The molecule has 0 saturated heterocycles. The number of nitrogens with zero attached hydrogens (tertiary/aromatic N) is 5. The highest BCUT2D eigenvalue weighted by Gasteiger charge is 2.36. The van der Waals surface area contributed by atoms with Gasteiger partial charge in [0.25, 0.3) is 0 Å². The fourth-order valence-corrected chi connectivity index (χ4v) is 5.45. The Morgan fingerprint density at radius 2 is 1.69 bits per heavy atom. The summed E-state index contributed by atoms with van der Waals surface area (Å²) in [6, 6.07) is 16.4. The molecule has 1 aromatic heterocycles. The number of likely N-dealkylation sites (N-methyl/N-ethyl adjacent to an activating group) is 1. The molecule has 1 atom stereocenters. The molecule has 4 aromatic rings. The zero-order valence-corrected chi connectivity index (χ0v) is 22.5. The molecule has 0 bridgehead atoms. The lowest BCUT2D eigenvalue weighted by molar-refractivity contribution is -0.115. The van der Waals surface area contributed by atoms with Crippen LogP contribution in [0.2, 0.25) is 0 Å². The van der Waals surface area contributed by atoms with Crippen LogP contribution in [0.5, 0.6) is 0 Å². The molecule has 1 aliphatic rings. The average molecular weight is 547 g/mol. The molecule has 0 aliphatic carbocycles. The zero-order chi connectivity index (χ0) is 27.7. The van der Waals surface area contributed by atoms with E-state index >= 15 is 0 Å². The normalized spacial score (nSPS) is 15.5. The molecule has 11 heteroatoms. The molecule has 1 amide bonds. The van der Waals surface area contributed by atoms with Gasteiger partial charge in [0, 0.05) is 31.2 Å². The Labute approximate surface area is 226 Å². The molecule has 200 valence electrons. The van der Waals surface area contributed by atoms with E-state index in [1.807, 2.05) is 37.2 Å². The number of anilines is 2. The van der Waals surface area contributed by atoms with Gasteiger partial charge in [0.05, 0.1) is 34.4 Å². The van der Waals surface area contributed by atoms with Crippen molar-refractivity contribution in [2.75, 3.05) is 43.1 Å². The lowest BCUT2D eigenvalue weighted by Crippen LogP contribution is -2.35. The predicted molar refractivity (Wildman–Crippen MR) is 151 cm³/mol. The van der Waals surface area contributed by atoms with Crippen molar-refractivity contribution in [3.63, 3.8) is 0 Å². The van der Waals surface area contributed by atoms with Gasteiger partial charge >= 0.3 is 0 Å². The predicted octanol–water partition coefficient (Wildman–Crippen LogP) is 3.95. The number of carbonyl (C=O) groups excluding carboxylic acids is 1.